The average Bonchev–Trinajstić information content (AvgIpc) is 2.34. The first-order valence-electron chi connectivity index (χ1n) is 6.70. The summed E-state index contributed by atoms with van der Waals surface area (Å²) in [6.07, 6.45) is 5.48. The van der Waals surface area contributed by atoms with Crippen molar-refractivity contribution in [2.75, 3.05) is 0 Å². The summed E-state index contributed by atoms with van der Waals surface area (Å²) in [6.45, 7) is 3.69. The van der Waals surface area contributed by atoms with Crippen molar-refractivity contribution in [3.05, 3.63) is 48.6 Å². The Morgan fingerprint density at radius 2 is 0.962 bits per heavy atom. The summed E-state index contributed by atoms with van der Waals surface area (Å²) < 4.78 is 117. The van der Waals surface area contributed by atoms with Crippen molar-refractivity contribution in [2.45, 2.75) is 19.3 Å². The molecular weight excluding hydrogens is 393 g/mol. The van der Waals surface area contributed by atoms with Gasteiger partial charge in [-0.25, -0.2) is 0 Å². The molecule has 0 N–H and O–H groups in total. The molecule has 0 aliphatic heterocycles. The Hall–Kier alpha value is -1.69. The van der Waals surface area contributed by atoms with E-state index in [2.05, 4.69) is 36.9 Å². The number of unbranched alkanes of at least 4 members (excludes halogenated alkanes) is 1. The van der Waals surface area contributed by atoms with Crippen LogP contribution in [0.25, 0.3) is 0 Å². The molecule has 26 heavy (non-hydrogen) atoms. The molecule has 0 unspecified atom stereocenters. The molecule has 0 atom stereocenters. The Balaban J connectivity index is -0.000000300. The van der Waals surface area contributed by atoms with Crippen molar-refractivity contribution in [1.82, 2.24) is 0 Å². The minimum atomic E-state index is -6.00. The molecule has 0 bridgehead atoms. The van der Waals surface area contributed by atoms with E-state index in [1.54, 1.807) is 0 Å². The number of rotatable bonds is 4. The van der Waals surface area contributed by atoms with Gasteiger partial charge in [0.05, 0.1) is 0 Å². The van der Waals surface area contributed by atoms with Crippen molar-refractivity contribution in [2.24, 2.45) is 0 Å². The molecular formula is C11H14B3F12-3. The Morgan fingerprint density at radius 1 is 0.654 bits per heavy atom. The minimum Gasteiger partial charge on any atom is -0.418 e. The average molecular weight is 407 g/mol. The van der Waals surface area contributed by atoms with E-state index in [4.69, 9.17) is 0 Å². The second kappa shape index (κ2) is 14.5. The molecule has 15 heteroatoms. The van der Waals surface area contributed by atoms with Crippen molar-refractivity contribution >= 4 is 21.8 Å². The van der Waals surface area contributed by atoms with E-state index < -0.39 is 21.8 Å². The van der Waals surface area contributed by atoms with Gasteiger partial charge in [-0.3, -0.25) is 0 Å². The van der Waals surface area contributed by atoms with Gasteiger partial charge in [-0.1, -0.05) is 36.4 Å². The molecule has 0 radical (unpaired) electrons. The highest BCUT2D eigenvalue weighted by atomic mass is 19.5. The predicted octanol–water partition coefficient (Wildman–Crippen LogP) is 7.10. The number of halogens is 12. The summed E-state index contributed by atoms with van der Waals surface area (Å²) in [5.41, 5.74) is 1.43. The lowest BCUT2D eigenvalue weighted by Crippen LogP contribution is -2.02. The van der Waals surface area contributed by atoms with Crippen LogP contribution in [0, 0.1) is 0 Å². The highest BCUT2D eigenvalue weighted by Gasteiger charge is 2.21. The first-order valence-corrected chi connectivity index (χ1v) is 6.70. The van der Waals surface area contributed by atoms with Gasteiger partial charge in [0.1, 0.15) is 0 Å². The molecule has 0 fully saturated rings. The summed E-state index contributed by atoms with van der Waals surface area (Å²) in [5.74, 6) is 0. The maximum absolute atomic E-state index is 9.75. The van der Waals surface area contributed by atoms with Gasteiger partial charge in [-0.05, 0) is 24.8 Å². The van der Waals surface area contributed by atoms with Gasteiger partial charge in [-0.15, -0.1) is 6.58 Å². The molecule has 0 saturated heterocycles. The van der Waals surface area contributed by atoms with E-state index >= 15 is 0 Å². The molecule has 0 aliphatic carbocycles. The van der Waals surface area contributed by atoms with E-state index in [1.165, 1.54) is 18.4 Å². The summed E-state index contributed by atoms with van der Waals surface area (Å²) in [5, 5.41) is 0. The maximum atomic E-state index is 9.75. The zero-order valence-corrected chi connectivity index (χ0v) is 13.1. The molecule has 0 nitrogen and oxygen atoms in total. The van der Waals surface area contributed by atoms with Crippen LogP contribution in [-0.4, -0.2) is 21.8 Å². The quantitative estimate of drug-likeness (QED) is 0.217. The van der Waals surface area contributed by atoms with Gasteiger partial charge in [-0.2, -0.15) is 0 Å². The molecule has 0 spiro atoms. The van der Waals surface area contributed by atoms with Crippen molar-refractivity contribution in [3.8, 4) is 0 Å². The maximum Gasteiger partial charge on any atom is 0.673 e. The lowest BCUT2D eigenvalue weighted by molar-refractivity contribution is 0.366. The highest BCUT2D eigenvalue weighted by molar-refractivity contribution is 6.50. The number of benzene rings is 1. The zero-order valence-electron chi connectivity index (χ0n) is 13.1. The summed E-state index contributed by atoms with van der Waals surface area (Å²) in [7, 11) is -18.0. The van der Waals surface area contributed by atoms with Gasteiger partial charge >= 0.3 is 21.8 Å². The molecule has 0 aromatic heterocycles. The van der Waals surface area contributed by atoms with Gasteiger partial charge in [0.2, 0.25) is 0 Å². The van der Waals surface area contributed by atoms with Crippen LogP contribution < -0.4 is 0 Å². The fourth-order valence-corrected chi connectivity index (χ4v) is 1.10. The van der Waals surface area contributed by atoms with Crippen molar-refractivity contribution < 1.29 is 51.8 Å². The van der Waals surface area contributed by atoms with Crippen molar-refractivity contribution in [3.63, 3.8) is 0 Å². The van der Waals surface area contributed by atoms with E-state index in [0.717, 1.165) is 6.42 Å². The fraction of sp³-hybridized carbons (Fsp3) is 0.273. The number of allylic oxidation sites excluding steroid dienone is 1. The molecule has 0 aliphatic rings. The normalized spacial score (nSPS) is 10.9. The van der Waals surface area contributed by atoms with Gasteiger partial charge in [0.25, 0.3) is 0 Å². The lowest BCUT2D eigenvalue weighted by atomic mass is 10.1. The fourth-order valence-electron chi connectivity index (χ4n) is 1.10. The second-order valence-electron chi connectivity index (χ2n) is 4.15. The number of hydrogen-bond donors (Lipinski definition) is 0. The molecule has 0 heterocycles. The highest BCUT2D eigenvalue weighted by Crippen LogP contribution is 2.07. The molecule has 1 rings (SSSR count). The summed E-state index contributed by atoms with van der Waals surface area (Å²) >= 11 is 0. The smallest absolute Gasteiger partial charge is 0.418 e. The van der Waals surface area contributed by atoms with Gasteiger partial charge in [0, 0.05) is 0 Å². The zero-order chi connectivity index (χ0) is 21.4. The number of aryl methyl sites for hydroxylation is 1. The topological polar surface area (TPSA) is 0 Å². The third-order valence-corrected chi connectivity index (χ3v) is 1.72. The van der Waals surface area contributed by atoms with Crippen LogP contribution in [0.15, 0.2) is 43.0 Å². The van der Waals surface area contributed by atoms with Crippen LogP contribution >= 0.6 is 0 Å². The molecule has 154 valence electrons. The predicted molar refractivity (Wildman–Crippen MR) is 80.1 cm³/mol. The first-order chi connectivity index (χ1) is 11.4. The first kappa shape index (κ1) is 29.1. The Morgan fingerprint density at radius 3 is 1.23 bits per heavy atom. The molecule has 0 amide bonds. The van der Waals surface area contributed by atoms with E-state index in [0.29, 0.717) is 0 Å². The number of hydrogen-bond acceptors (Lipinski definition) is 0. The van der Waals surface area contributed by atoms with Crippen LogP contribution in [0.5, 0.6) is 0 Å². The molecule has 1 aromatic rings. The Kier molecular flexibility index (Phi) is 16.2. The Bertz CT molecular complexity index is 394. The third-order valence-electron chi connectivity index (χ3n) is 1.72. The largest absolute Gasteiger partial charge is 0.673 e. The van der Waals surface area contributed by atoms with E-state index in [9.17, 15) is 51.8 Å². The minimum absolute atomic E-state index is 1.12. The van der Waals surface area contributed by atoms with Gasteiger partial charge in [0.15, 0.2) is 0 Å². The second-order valence-corrected chi connectivity index (χ2v) is 4.15. The standard InChI is InChI=1S/C11H14.3BF4/c1-2-3-5-8-11-9-6-4-7-10-11;3*2-1(3,4)5/h2,4,6-7,9-10H,1,3,5,8H2;;;/q;3*-1. The monoisotopic (exact) mass is 407 g/mol. The van der Waals surface area contributed by atoms with Crippen LogP contribution in [-0.2, 0) is 6.42 Å². The van der Waals surface area contributed by atoms with Crippen molar-refractivity contribution in [1.29, 1.82) is 0 Å². The summed E-state index contributed by atoms with van der Waals surface area (Å²) in [4.78, 5) is 0. The van der Waals surface area contributed by atoms with Gasteiger partial charge < -0.3 is 51.8 Å². The van der Waals surface area contributed by atoms with E-state index in [-0.39, 0.29) is 0 Å². The lowest BCUT2D eigenvalue weighted by Gasteiger charge is -1.96. The SMILES string of the molecule is C=CCCCc1ccccc1.F[B-](F)(F)F.F[B-](F)(F)F.F[B-](F)(F)F. The van der Waals surface area contributed by atoms with Crippen LogP contribution in [0.4, 0.5) is 51.8 Å². The summed E-state index contributed by atoms with van der Waals surface area (Å²) in [6, 6.07) is 10.6. The van der Waals surface area contributed by atoms with Crippen LogP contribution in [0.3, 0.4) is 0 Å². The molecule has 0 saturated carbocycles. The van der Waals surface area contributed by atoms with Crippen LogP contribution in [0.2, 0.25) is 0 Å². The van der Waals surface area contributed by atoms with E-state index in [1.807, 2.05) is 6.08 Å². The van der Waals surface area contributed by atoms with Crippen LogP contribution in [0.1, 0.15) is 18.4 Å². The third kappa shape index (κ3) is 79.2. The molecule has 1 aromatic carbocycles. The Labute approximate surface area is 142 Å².